The molecule has 0 atom stereocenters. The molecule has 2 rings (SSSR count). The molecule has 205 valence electrons. The average Bonchev–Trinajstić information content (AvgIpc) is 2.60. The molecule has 1 radical (unpaired) electrons. The first-order valence-electron chi connectivity index (χ1n) is 8.84. The summed E-state index contributed by atoms with van der Waals surface area (Å²) in [5.74, 6) is 0.730. The maximum atomic E-state index is 8.49. The number of halogens is 2. The fourth-order valence-corrected chi connectivity index (χ4v) is 2.11. The van der Waals surface area contributed by atoms with Crippen LogP contribution in [0.15, 0.2) is 0 Å². The summed E-state index contributed by atoms with van der Waals surface area (Å²) in [6.07, 6.45) is 1.13. The van der Waals surface area contributed by atoms with E-state index < -0.39 is 20.5 Å². The fourth-order valence-electron chi connectivity index (χ4n) is 2.11. The van der Waals surface area contributed by atoms with Crippen molar-refractivity contribution in [1.29, 1.82) is 0 Å². The van der Waals surface area contributed by atoms with Gasteiger partial charge in [-0.15, -0.1) is 20.5 Å². The van der Waals surface area contributed by atoms with E-state index in [2.05, 4.69) is 36.2 Å². The molecule has 0 aliphatic carbocycles. The Labute approximate surface area is 209 Å². The Bertz CT molecular complexity index is 575. The van der Waals surface area contributed by atoms with Crippen LogP contribution < -0.4 is 74.9 Å². The summed E-state index contributed by atoms with van der Waals surface area (Å²) in [6.45, 7) is 6.81. The van der Waals surface area contributed by atoms with Gasteiger partial charge in [0, 0.05) is 26.2 Å². The first-order valence-corrected chi connectivity index (χ1v) is 11.3. The number of hydrogen-bond donors (Lipinski definition) is 6. The first-order chi connectivity index (χ1) is 14.8. The molecule has 0 saturated carbocycles. The topological polar surface area (TPSA) is 358 Å². The fraction of sp³-hybridized carbons (Fsp3) is 0.750. The van der Waals surface area contributed by atoms with Crippen molar-refractivity contribution in [3.8, 4) is 0 Å². The number of rotatable bonds is 1. The number of nitrogens with one attached hydrogen (secondary N) is 4. The van der Waals surface area contributed by atoms with Gasteiger partial charge >= 0.3 is 17.1 Å². The molecule has 2 heterocycles. The van der Waals surface area contributed by atoms with E-state index >= 15 is 0 Å². The molecule has 1 fully saturated rings. The van der Waals surface area contributed by atoms with Crippen molar-refractivity contribution in [2.75, 3.05) is 69.0 Å². The van der Waals surface area contributed by atoms with Gasteiger partial charge in [0.05, 0.1) is 13.3 Å². The van der Waals surface area contributed by atoms with Crippen LogP contribution in [0.5, 0.6) is 0 Å². The van der Waals surface area contributed by atoms with Crippen LogP contribution in [0.1, 0.15) is 6.42 Å². The van der Waals surface area contributed by atoms with Gasteiger partial charge in [-0.05, 0) is 19.5 Å². The molecule has 0 amide bonds. The zero-order valence-electron chi connectivity index (χ0n) is 17.6. The summed E-state index contributed by atoms with van der Waals surface area (Å²) in [5, 5.41) is 13.5. The maximum absolute atomic E-state index is 8.49. The second kappa shape index (κ2) is 20.2. The number of aromatic nitrogens is 3. The molecular formula is C12H28Cl2CuN10O9. The Morgan fingerprint density at radius 3 is 1.29 bits per heavy atom. The van der Waals surface area contributed by atoms with Crippen molar-refractivity contribution in [2.24, 2.45) is 0 Å². The number of hydrogen-bond acceptors (Lipinski definition) is 18. The molecular weight excluding hydrogens is 563 g/mol. The number of nitrogen functional groups attached to an aromatic ring is 2. The summed E-state index contributed by atoms with van der Waals surface area (Å²) in [4.78, 5) is 14.0. The molecule has 0 bridgehead atoms. The zero-order chi connectivity index (χ0) is 24.6. The van der Waals surface area contributed by atoms with Crippen LogP contribution in [0, 0.1) is 20.5 Å². The summed E-state index contributed by atoms with van der Waals surface area (Å²) in [6, 6.07) is 0. The normalized spacial score (nSPS) is 16.2. The van der Waals surface area contributed by atoms with E-state index in [-0.39, 0.29) is 34.4 Å². The van der Waals surface area contributed by atoms with Gasteiger partial charge in [-0.2, -0.15) is 15.0 Å². The van der Waals surface area contributed by atoms with E-state index in [4.69, 9.17) is 48.7 Å². The van der Waals surface area contributed by atoms with Crippen LogP contribution in [0.2, 0.25) is 0 Å². The van der Waals surface area contributed by atoms with Crippen molar-refractivity contribution < 1.29 is 80.3 Å². The molecule has 1 aromatic heterocycles. The zero-order valence-corrected chi connectivity index (χ0v) is 20.1. The predicted octanol–water partition coefficient (Wildman–Crippen LogP) is -12.8. The molecule has 1 saturated heterocycles. The second-order valence-electron chi connectivity index (χ2n) is 5.82. The molecule has 22 heteroatoms. The van der Waals surface area contributed by atoms with Crippen molar-refractivity contribution in [1.82, 2.24) is 36.2 Å². The van der Waals surface area contributed by atoms with E-state index in [9.17, 15) is 0 Å². The quantitative estimate of drug-likeness (QED) is 0.165. The molecule has 0 spiro atoms. The Morgan fingerprint density at radius 1 is 0.618 bits per heavy atom. The van der Waals surface area contributed by atoms with E-state index in [0.717, 1.165) is 45.7 Å². The van der Waals surface area contributed by atoms with Crippen molar-refractivity contribution in [3.63, 3.8) is 0 Å². The van der Waals surface area contributed by atoms with E-state index in [0.29, 0.717) is 19.3 Å². The molecule has 0 unspecified atom stereocenters. The van der Waals surface area contributed by atoms with Gasteiger partial charge in [0.25, 0.3) is 0 Å². The number of anilines is 3. The molecule has 10 N–H and O–H groups in total. The largest absolute Gasteiger partial charge is 2.00 e. The summed E-state index contributed by atoms with van der Waals surface area (Å²) >= 11 is 0. The summed E-state index contributed by atoms with van der Waals surface area (Å²) in [5.41, 5.74) is 11.3. The maximum Gasteiger partial charge on any atom is 2.00 e. The monoisotopic (exact) mass is 589 g/mol. The smallest absolute Gasteiger partial charge is 0.412 e. The van der Waals surface area contributed by atoms with Gasteiger partial charge in [-0.1, -0.05) is 0 Å². The third-order valence-corrected chi connectivity index (χ3v) is 3.21. The molecule has 1 aliphatic rings. The Kier molecular flexibility index (Phi) is 22.3. The van der Waals surface area contributed by atoms with Crippen LogP contribution in [0.25, 0.3) is 0 Å². The Hall–Kier alpha value is -1.01. The molecule has 1 aromatic rings. The van der Waals surface area contributed by atoms with Crippen LogP contribution in [0.4, 0.5) is 17.8 Å². The Morgan fingerprint density at radius 2 is 0.941 bits per heavy atom. The van der Waals surface area contributed by atoms with Gasteiger partial charge < -0.3 is 32.5 Å². The van der Waals surface area contributed by atoms with Gasteiger partial charge in [0.1, 0.15) is 0 Å². The summed E-state index contributed by atoms with van der Waals surface area (Å²) in [7, 11) is -9.89. The van der Waals surface area contributed by atoms with Crippen LogP contribution in [0.3, 0.4) is 0 Å². The van der Waals surface area contributed by atoms with Gasteiger partial charge in [0.15, 0.2) is 0 Å². The van der Waals surface area contributed by atoms with Gasteiger partial charge in [-0.25, -0.2) is 37.3 Å². The van der Waals surface area contributed by atoms with Crippen molar-refractivity contribution in [2.45, 2.75) is 6.42 Å². The minimum absolute atomic E-state index is 0. The van der Waals surface area contributed by atoms with Crippen molar-refractivity contribution in [3.05, 3.63) is 0 Å². The standard InChI is InChI=1S/C12H26N10.2ClHO4.Cu.H2O/c13-10-19-11(14)21-12(20-10)22-8-17-6-4-15-2-1-3-16-5-7-18-9-22;2*2-1(3,4)5;;/h15-18H,1-9H2,(H4,13,14,19,20,21);2*(H,2,3,4,5);;1H2/q;;;+2;/p-2. The summed E-state index contributed by atoms with van der Waals surface area (Å²) < 4.78 is 67.9. The van der Waals surface area contributed by atoms with Crippen molar-refractivity contribution >= 4 is 17.8 Å². The van der Waals surface area contributed by atoms with E-state index in [1.54, 1.807) is 0 Å². The van der Waals surface area contributed by atoms with E-state index in [1.807, 2.05) is 4.90 Å². The van der Waals surface area contributed by atoms with Gasteiger partial charge in [0.2, 0.25) is 17.8 Å². The minimum Gasteiger partial charge on any atom is -0.412 e. The SMILES string of the molecule is Nc1nc(N)nc(N2CNCCNCCCNCCNC2)n1.O.[Cu+2].[O-][Cl+3]([O-])([O-])[O-].[O-][Cl+3]([O-])([O-])[O-]. The molecule has 0 aromatic carbocycles. The Balaban J connectivity index is -0.000000680. The molecule has 34 heavy (non-hydrogen) atoms. The molecule has 1 aliphatic heterocycles. The second-order valence-corrected chi connectivity index (χ2v) is 7.33. The average molecular weight is 591 g/mol. The van der Waals surface area contributed by atoms with E-state index in [1.165, 1.54) is 0 Å². The van der Waals surface area contributed by atoms with Crippen LogP contribution in [-0.4, -0.2) is 73.0 Å². The first kappa shape index (κ1) is 37.5. The third kappa shape index (κ3) is 29.0. The number of nitrogens with zero attached hydrogens (tertiary/aromatic N) is 4. The minimum atomic E-state index is -4.94. The molecule has 19 nitrogen and oxygen atoms in total. The van der Waals surface area contributed by atoms with Gasteiger partial charge in [-0.3, -0.25) is 10.6 Å². The third-order valence-electron chi connectivity index (χ3n) is 3.21. The predicted molar refractivity (Wildman–Crippen MR) is 90.8 cm³/mol. The van der Waals surface area contributed by atoms with Crippen LogP contribution in [-0.2, 0) is 17.1 Å². The number of nitrogens with two attached hydrogens (primary N) is 2. The van der Waals surface area contributed by atoms with Crippen LogP contribution >= 0.6 is 0 Å².